The zero-order valence-corrected chi connectivity index (χ0v) is 6.64. The van der Waals surface area contributed by atoms with E-state index < -0.39 is 23.6 Å². The number of rotatable bonds is 2. The third-order valence-electron chi connectivity index (χ3n) is 1.68. The lowest BCUT2D eigenvalue weighted by atomic mass is 9.85. The van der Waals surface area contributed by atoms with Gasteiger partial charge in [0.2, 0.25) is 0 Å². The lowest BCUT2D eigenvalue weighted by molar-refractivity contribution is -0.184. The number of carboxylic acid groups (broad SMARTS) is 1. The van der Waals surface area contributed by atoms with E-state index >= 15 is 0 Å². The molecule has 72 valence electrons. The summed E-state index contributed by atoms with van der Waals surface area (Å²) < 4.78 is 35.8. The van der Waals surface area contributed by atoms with Gasteiger partial charge in [-0.3, -0.25) is 4.79 Å². The third kappa shape index (κ3) is 2.10. The number of hydrogen-bond donors (Lipinski definition) is 2. The minimum absolute atomic E-state index is 0.938. The first-order valence-electron chi connectivity index (χ1n) is 3.16. The molecule has 0 rings (SSSR count). The molecule has 0 heterocycles. The van der Waals surface area contributed by atoms with E-state index in [1.165, 1.54) is 0 Å². The van der Waals surface area contributed by atoms with Crippen LogP contribution in [0.15, 0.2) is 0 Å². The van der Waals surface area contributed by atoms with E-state index in [1.54, 1.807) is 0 Å². The summed E-state index contributed by atoms with van der Waals surface area (Å²) in [7, 11) is 0. The zero-order valence-electron chi connectivity index (χ0n) is 6.64. The number of nitrogens with two attached hydrogens (primary N) is 1. The first-order valence-corrected chi connectivity index (χ1v) is 3.16. The predicted octanol–water partition coefficient (Wildman–Crippen LogP) is 0.987. The first-order chi connectivity index (χ1) is 5.10. The maximum Gasteiger partial charge on any atom is 0.404 e. The Morgan fingerprint density at radius 1 is 1.42 bits per heavy atom. The Morgan fingerprint density at radius 2 is 1.75 bits per heavy atom. The fourth-order valence-corrected chi connectivity index (χ4v) is 0.542. The third-order valence-corrected chi connectivity index (χ3v) is 1.68. The molecule has 0 amide bonds. The molecule has 1 atom stereocenters. The molecule has 0 spiro atoms. The van der Waals surface area contributed by atoms with Gasteiger partial charge in [0, 0.05) is 0 Å². The number of halogens is 3. The number of carbonyl (C=O) groups is 1. The fourth-order valence-electron chi connectivity index (χ4n) is 0.542. The Hall–Kier alpha value is -0.780. The molecule has 3 nitrogen and oxygen atoms in total. The monoisotopic (exact) mass is 185 g/mol. The van der Waals surface area contributed by atoms with E-state index in [-0.39, 0.29) is 0 Å². The van der Waals surface area contributed by atoms with Gasteiger partial charge >= 0.3 is 12.1 Å². The van der Waals surface area contributed by atoms with Gasteiger partial charge in [0.1, 0.15) is 6.04 Å². The SMILES string of the molecule is CC(C)(C(=O)O)[C@@H](N)C(F)(F)F. The van der Waals surface area contributed by atoms with Crippen LogP contribution in [-0.2, 0) is 4.79 Å². The summed E-state index contributed by atoms with van der Waals surface area (Å²) in [5.74, 6) is -1.56. The van der Waals surface area contributed by atoms with Crippen LogP contribution in [0.4, 0.5) is 13.2 Å². The molecular weight excluding hydrogens is 175 g/mol. The van der Waals surface area contributed by atoms with Crippen LogP contribution < -0.4 is 5.73 Å². The molecule has 0 bridgehead atoms. The van der Waals surface area contributed by atoms with Crippen LogP contribution in [0.25, 0.3) is 0 Å². The van der Waals surface area contributed by atoms with Crippen LogP contribution >= 0.6 is 0 Å². The molecule has 0 aliphatic heterocycles. The van der Waals surface area contributed by atoms with Gasteiger partial charge in [0.25, 0.3) is 0 Å². The molecule has 0 aromatic carbocycles. The Balaban J connectivity index is 4.69. The zero-order chi connectivity index (χ0) is 10.2. The summed E-state index contributed by atoms with van der Waals surface area (Å²) in [5, 5.41) is 8.40. The predicted molar refractivity (Wildman–Crippen MR) is 35.4 cm³/mol. The van der Waals surface area contributed by atoms with Crippen molar-refractivity contribution in [1.82, 2.24) is 0 Å². The smallest absolute Gasteiger partial charge is 0.404 e. The lowest BCUT2D eigenvalue weighted by Gasteiger charge is -2.28. The van der Waals surface area contributed by atoms with Crippen molar-refractivity contribution in [2.75, 3.05) is 0 Å². The minimum Gasteiger partial charge on any atom is -0.481 e. The van der Waals surface area contributed by atoms with Gasteiger partial charge in [-0.05, 0) is 13.8 Å². The van der Waals surface area contributed by atoms with Gasteiger partial charge in [-0.2, -0.15) is 13.2 Å². The quantitative estimate of drug-likeness (QED) is 0.674. The molecule has 0 radical (unpaired) electrons. The molecule has 12 heavy (non-hydrogen) atoms. The van der Waals surface area contributed by atoms with Crippen LogP contribution in [0.5, 0.6) is 0 Å². The van der Waals surface area contributed by atoms with Crippen LogP contribution in [0.1, 0.15) is 13.8 Å². The van der Waals surface area contributed by atoms with Gasteiger partial charge in [-0.15, -0.1) is 0 Å². The van der Waals surface area contributed by atoms with Crippen molar-refractivity contribution in [3.63, 3.8) is 0 Å². The summed E-state index contributed by atoms with van der Waals surface area (Å²) in [4.78, 5) is 10.3. The van der Waals surface area contributed by atoms with Crippen molar-refractivity contribution in [3.8, 4) is 0 Å². The van der Waals surface area contributed by atoms with Gasteiger partial charge in [0.15, 0.2) is 0 Å². The number of aliphatic carboxylic acids is 1. The molecule has 0 aliphatic carbocycles. The topological polar surface area (TPSA) is 63.3 Å². The van der Waals surface area contributed by atoms with Crippen LogP contribution in [0.2, 0.25) is 0 Å². The maximum absolute atomic E-state index is 11.9. The van der Waals surface area contributed by atoms with Gasteiger partial charge in [0.05, 0.1) is 5.41 Å². The highest BCUT2D eigenvalue weighted by atomic mass is 19.4. The van der Waals surface area contributed by atoms with Crippen LogP contribution in [0.3, 0.4) is 0 Å². The second-order valence-corrected chi connectivity index (χ2v) is 3.05. The van der Waals surface area contributed by atoms with E-state index in [0.29, 0.717) is 0 Å². The largest absolute Gasteiger partial charge is 0.481 e. The molecule has 0 aliphatic rings. The Morgan fingerprint density at radius 3 is 1.83 bits per heavy atom. The summed E-state index contributed by atoms with van der Waals surface area (Å²) in [6, 6.07) is -2.34. The molecular formula is C6H10F3NO2. The van der Waals surface area contributed by atoms with E-state index in [2.05, 4.69) is 0 Å². The van der Waals surface area contributed by atoms with E-state index in [1.807, 2.05) is 0 Å². The van der Waals surface area contributed by atoms with Gasteiger partial charge in [-0.25, -0.2) is 0 Å². The second kappa shape index (κ2) is 2.93. The van der Waals surface area contributed by atoms with Crippen molar-refractivity contribution in [3.05, 3.63) is 0 Å². The maximum atomic E-state index is 11.9. The summed E-state index contributed by atoms with van der Waals surface area (Å²) in [6.45, 7) is 1.88. The van der Waals surface area contributed by atoms with Gasteiger partial charge in [-0.1, -0.05) is 0 Å². The highest BCUT2D eigenvalue weighted by Gasteiger charge is 2.50. The fraction of sp³-hybridized carbons (Fsp3) is 0.833. The highest BCUT2D eigenvalue weighted by molar-refractivity contribution is 5.74. The number of carboxylic acids is 1. The van der Waals surface area contributed by atoms with Crippen molar-refractivity contribution in [1.29, 1.82) is 0 Å². The highest BCUT2D eigenvalue weighted by Crippen LogP contribution is 2.31. The van der Waals surface area contributed by atoms with Crippen molar-refractivity contribution < 1.29 is 23.1 Å². The summed E-state index contributed by atoms with van der Waals surface area (Å²) in [6.07, 6.45) is -4.68. The molecule has 6 heteroatoms. The van der Waals surface area contributed by atoms with Crippen molar-refractivity contribution >= 4 is 5.97 Å². The molecule has 0 aromatic heterocycles. The van der Waals surface area contributed by atoms with Crippen molar-refractivity contribution in [2.45, 2.75) is 26.1 Å². The molecule has 0 saturated heterocycles. The van der Waals surface area contributed by atoms with Gasteiger partial charge < -0.3 is 10.8 Å². The number of alkyl halides is 3. The lowest BCUT2D eigenvalue weighted by Crippen LogP contribution is -2.52. The van der Waals surface area contributed by atoms with Crippen LogP contribution in [-0.4, -0.2) is 23.3 Å². The summed E-state index contributed by atoms with van der Waals surface area (Å²) in [5.41, 5.74) is 2.74. The molecule has 0 saturated carbocycles. The minimum atomic E-state index is -4.68. The van der Waals surface area contributed by atoms with E-state index in [4.69, 9.17) is 10.8 Å². The summed E-state index contributed by atoms with van der Waals surface area (Å²) >= 11 is 0. The molecule has 3 N–H and O–H groups in total. The second-order valence-electron chi connectivity index (χ2n) is 3.05. The standard InChI is InChI=1S/C6H10F3NO2/c1-5(2,4(11)12)3(10)6(7,8)9/h3H,10H2,1-2H3,(H,11,12)/t3-/m1/s1. The molecule has 0 aromatic rings. The van der Waals surface area contributed by atoms with E-state index in [9.17, 15) is 18.0 Å². The van der Waals surface area contributed by atoms with Crippen LogP contribution in [0, 0.1) is 5.41 Å². The average molecular weight is 185 g/mol. The Kier molecular flexibility index (Phi) is 2.74. The normalized spacial score (nSPS) is 15.8. The average Bonchev–Trinajstić information content (AvgIpc) is 1.83. The van der Waals surface area contributed by atoms with E-state index in [0.717, 1.165) is 13.8 Å². The van der Waals surface area contributed by atoms with Crippen molar-refractivity contribution in [2.24, 2.45) is 11.1 Å². The Labute approximate surface area is 67.4 Å². The molecule has 0 fully saturated rings. The first kappa shape index (κ1) is 11.2. The Bertz CT molecular complexity index is 188. The number of hydrogen-bond acceptors (Lipinski definition) is 2. The molecule has 0 unspecified atom stereocenters.